The van der Waals surface area contributed by atoms with Gasteiger partial charge in [0.2, 0.25) is 0 Å². The average Bonchev–Trinajstić information content (AvgIpc) is 2.63. The highest BCUT2D eigenvalue weighted by Crippen LogP contribution is 2.33. The van der Waals surface area contributed by atoms with Crippen molar-refractivity contribution in [3.05, 3.63) is 62.1 Å². The number of likely N-dealkylation sites (N-methyl/N-ethyl adjacent to an activating group) is 1. The fourth-order valence-electron chi connectivity index (χ4n) is 3.10. The van der Waals surface area contributed by atoms with E-state index >= 15 is 0 Å². The third kappa shape index (κ3) is 3.07. The number of carbonyl (C=O) groups excluding carboxylic acids is 2. The molecule has 2 heterocycles. The normalized spacial score (nSPS) is 14.3. The second kappa shape index (κ2) is 6.67. The Bertz CT molecular complexity index is 1030. The van der Waals surface area contributed by atoms with Gasteiger partial charge in [-0.15, -0.1) is 0 Å². The number of hydrogen-bond donors (Lipinski definition) is 0. The van der Waals surface area contributed by atoms with E-state index in [-0.39, 0.29) is 29.5 Å². The monoisotopic (exact) mass is 371 g/mol. The summed E-state index contributed by atoms with van der Waals surface area (Å²) in [5.41, 5.74) is 0.0736. The summed E-state index contributed by atoms with van der Waals surface area (Å²) in [6, 6.07) is 5.88. The zero-order valence-electron chi connectivity index (χ0n) is 15.0. The molecule has 1 aliphatic heterocycles. The van der Waals surface area contributed by atoms with Crippen molar-refractivity contribution in [2.75, 3.05) is 18.6 Å². The molecule has 0 radical (unpaired) electrons. The van der Waals surface area contributed by atoms with Gasteiger partial charge in [-0.1, -0.05) is 0 Å². The predicted molar refractivity (Wildman–Crippen MR) is 96.5 cm³/mol. The Kier molecular flexibility index (Phi) is 4.52. The van der Waals surface area contributed by atoms with Gasteiger partial charge in [-0.2, -0.15) is 0 Å². The van der Waals surface area contributed by atoms with Crippen molar-refractivity contribution in [1.29, 1.82) is 0 Å². The number of aromatic nitrogens is 1. The molecule has 140 valence electrons. The number of ketones is 1. The van der Waals surface area contributed by atoms with Gasteiger partial charge in [0.25, 0.3) is 17.2 Å². The Labute approximate surface area is 153 Å². The Hall–Kier alpha value is -3.49. The Morgan fingerprint density at radius 1 is 1.26 bits per heavy atom. The number of amides is 1. The van der Waals surface area contributed by atoms with Crippen LogP contribution in [0.15, 0.2) is 35.1 Å². The maximum atomic E-state index is 12.9. The zero-order chi connectivity index (χ0) is 19.9. The summed E-state index contributed by atoms with van der Waals surface area (Å²) in [4.78, 5) is 48.9. The van der Waals surface area contributed by atoms with Gasteiger partial charge in [-0.25, -0.2) is 0 Å². The quantitative estimate of drug-likeness (QED) is 0.461. The second-order valence-electron chi connectivity index (χ2n) is 6.23. The van der Waals surface area contributed by atoms with Gasteiger partial charge in [0, 0.05) is 24.7 Å². The van der Waals surface area contributed by atoms with Crippen LogP contribution in [0.5, 0.6) is 5.75 Å². The molecule has 3 rings (SSSR count). The molecule has 1 aromatic carbocycles. The summed E-state index contributed by atoms with van der Waals surface area (Å²) in [6.45, 7) is 2.86. The van der Waals surface area contributed by atoms with Gasteiger partial charge in [-0.05, 0) is 32.0 Å². The van der Waals surface area contributed by atoms with Crippen molar-refractivity contribution in [2.45, 2.75) is 19.9 Å². The van der Waals surface area contributed by atoms with Crippen LogP contribution in [0.2, 0.25) is 0 Å². The number of ether oxygens (including phenoxy) is 1. The number of carbonyl (C=O) groups is 2. The molecular weight excluding hydrogens is 354 g/mol. The van der Waals surface area contributed by atoms with Crippen LogP contribution in [0, 0.1) is 17.0 Å². The van der Waals surface area contributed by atoms with E-state index in [1.807, 2.05) is 0 Å². The lowest BCUT2D eigenvalue weighted by atomic mass is 10.0. The first-order valence-corrected chi connectivity index (χ1v) is 8.16. The number of fused-ring (bicyclic) bond motifs is 1. The Morgan fingerprint density at radius 3 is 2.63 bits per heavy atom. The van der Waals surface area contributed by atoms with Crippen molar-refractivity contribution in [1.82, 2.24) is 4.57 Å². The molecule has 0 spiro atoms. The van der Waals surface area contributed by atoms with Gasteiger partial charge < -0.3 is 9.64 Å². The number of Topliss-reactive ketones (excluding diaryl/α,β-unsaturated/α-hetero) is 1. The van der Waals surface area contributed by atoms with E-state index in [0.29, 0.717) is 11.4 Å². The lowest BCUT2D eigenvalue weighted by molar-refractivity contribution is -0.386. The minimum atomic E-state index is -0.957. The maximum Gasteiger partial charge on any atom is 0.288 e. The summed E-state index contributed by atoms with van der Waals surface area (Å²) in [7, 11) is 1.58. The SMILES string of the molecule is Cc1c([N+](=O)[O-])ccc(=O)n1C(C)C(=O)c1ccc2c(c1)N(C)C(=O)CO2. The minimum absolute atomic E-state index is 0.0739. The molecule has 0 saturated heterocycles. The highest BCUT2D eigenvalue weighted by Gasteiger charge is 2.27. The summed E-state index contributed by atoms with van der Waals surface area (Å²) >= 11 is 0. The standard InChI is InChI=1S/C18H17N3O6/c1-10-13(21(25)26)5-7-16(22)20(10)11(2)18(24)12-4-6-15-14(8-12)19(3)17(23)9-27-15/h4-8,11H,9H2,1-3H3. The van der Waals surface area contributed by atoms with Crippen molar-refractivity contribution in [2.24, 2.45) is 0 Å². The number of anilines is 1. The summed E-state index contributed by atoms with van der Waals surface area (Å²) in [5, 5.41) is 11.1. The lowest BCUT2D eigenvalue weighted by Gasteiger charge is -2.26. The smallest absolute Gasteiger partial charge is 0.288 e. The molecule has 1 aromatic heterocycles. The number of pyridine rings is 1. The van der Waals surface area contributed by atoms with Crippen LogP contribution in [-0.2, 0) is 4.79 Å². The number of benzene rings is 1. The number of nitro groups is 1. The molecule has 0 saturated carbocycles. The van der Waals surface area contributed by atoms with Crippen LogP contribution in [0.3, 0.4) is 0 Å². The number of rotatable bonds is 4. The molecule has 9 heteroatoms. The molecule has 9 nitrogen and oxygen atoms in total. The first-order chi connectivity index (χ1) is 12.7. The first kappa shape index (κ1) is 18.3. The summed E-state index contributed by atoms with van der Waals surface area (Å²) in [6.07, 6.45) is 0. The van der Waals surface area contributed by atoms with E-state index in [9.17, 15) is 24.5 Å². The molecular formula is C18H17N3O6. The molecule has 1 aliphatic rings. The highest BCUT2D eigenvalue weighted by atomic mass is 16.6. The first-order valence-electron chi connectivity index (χ1n) is 8.16. The molecule has 0 bridgehead atoms. The van der Waals surface area contributed by atoms with Gasteiger partial charge in [0.05, 0.1) is 22.3 Å². The van der Waals surface area contributed by atoms with E-state index in [1.165, 1.54) is 24.8 Å². The topological polar surface area (TPSA) is 112 Å². The van der Waals surface area contributed by atoms with E-state index in [4.69, 9.17) is 4.74 Å². The fraction of sp³-hybridized carbons (Fsp3) is 0.278. The van der Waals surface area contributed by atoms with Gasteiger partial charge in [0.1, 0.15) is 5.75 Å². The van der Waals surface area contributed by atoms with E-state index in [2.05, 4.69) is 0 Å². The molecule has 27 heavy (non-hydrogen) atoms. The van der Waals surface area contributed by atoms with Gasteiger partial charge in [0.15, 0.2) is 12.4 Å². The third-order valence-electron chi connectivity index (χ3n) is 4.65. The molecule has 1 amide bonds. The largest absolute Gasteiger partial charge is 0.482 e. The maximum absolute atomic E-state index is 12.9. The molecule has 0 fully saturated rings. The van der Waals surface area contributed by atoms with E-state index in [0.717, 1.165) is 16.7 Å². The average molecular weight is 371 g/mol. The summed E-state index contributed by atoms with van der Waals surface area (Å²) in [5.74, 6) is -0.175. The lowest BCUT2D eigenvalue weighted by Crippen LogP contribution is -2.35. The minimum Gasteiger partial charge on any atom is -0.482 e. The van der Waals surface area contributed by atoms with Crippen molar-refractivity contribution < 1.29 is 19.2 Å². The highest BCUT2D eigenvalue weighted by molar-refractivity contribution is 6.03. The Morgan fingerprint density at radius 2 is 1.96 bits per heavy atom. The molecule has 1 atom stereocenters. The van der Waals surface area contributed by atoms with E-state index < -0.39 is 22.3 Å². The molecule has 1 unspecified atom stereocenters. The predicted octanol–water partition coefficient (Wildman–Crippen LogP) is 1.86. The fourth-order valence-corrected chi connectivity index (χ4v) is 3.10. The van der Waals surface area contributed by atoms with Crippen LogP contribution in [0.4, 0.5) is 11.4 Å². The van der Waals surface area contributed by atoms with E-state index in [1.54, 1.807) is 19.2 Å². The van der Waals surface area contributed by atoms with Gasteiger partial charge in [-0.3, -0.25) is 29.1 Å². The second-order valence-corrected chi connectivity index (χ2v) is 6.23. The van der Waals surface area contributed by atoms with Crippen LogP contribution in [0.25, 0.3) is 0 Å². The zero-order valence-corrected chi connectivity index (χ0v) is 15.0. The number of hydrogen-bond acceptors (Lipinski definition) is 6. The molecule has 0 N–H and O–H groups in total. The number of nitrogens with zero attached hydrogens (tertiary/aromatic N) is 3. The molecule has 0 aliphatic carbocycles. The van der Waals surface area contributed by atoms with Crippen molar-refractivity contribution >= 4 is 23.1 Å². The molecule has 2 aromatic rings. The van der Waals surface area contributed by atoms with Crippen LogP contribution in [-0.4, -0.2) is 34.8 Å². The van der Waals surface area contributed by atoms with Crippen LogP contribution >= 0.6 is 0 Å². The van der Waals surface area contributed by atoms with Crippen LogP contribution in [0.1, 0.15) is 29.0 Å². The Balaban J connectivity index is 2.03. The van der Waals surface area contributed by atoms with Crippen molar-refractivity contribution in [3.8, 4) is 5.75 Å². The van der Waals surface area contributed by atoms with Crippen molar-refractivity contribution in [3.63, 3.8) is 0 Å². The van der Waals surface area contributed by atoms with Gasteiger partial charge >= 0.3 is 0 Å². The third-order valence-corrected chi connectivity index (χ3v) is 4.65. The van der Waals surface area contributed by atoms with Crippen LogP contribution < -0.4 is 15.2 Å². The summed E-state index contributed by atoms with van der Waals surface area (Å²) < 4.78 is 6.44.